The lowest BCUT2D eigenvalue weighted by Crippen LogP contribution is -2.53. The van der Waals surface area contributed by atoms with E-state index in [9.17, 15) is 29.4 Å². The number of nitrogens with zero attached hydrogens (tertiary/aromatic N) is 1. The summed E-state index contributed by atoms with van der Waals surface area (Å²) in [6.07, 6.45) is 0.209. The van der Waals surface area contributed by atoms with Gasteiger partial charge in [0.15, 0.2) is 11.5 Å². The van der Waals surface area contributed by atoms with Crippen molar-refractivity contribution in [3.8, 4) is 11.5 Å². The van der Waals surface area contributed by atoms with Gasteiger partial charge in [0, 0.05) is 17.3 Å². The van der Waals surface area contributed by atoms with Crippen LogP contribution in [0.4, 0.5) is 11.4 Å². The number of phenolic OH excluding ortho intramolecular Hbond substituents is 2. The third-order valence-corrected chi connectivity index (χ3v) is 7.75. The first-order valence-corrected chi connectivity index (χ1v) is 12.6. The zero-order chi connectivity index (χ0) is 27.5. The number of esters is 1. The Morgan fingerprint density at radius 2 is 1.72 bits per heavy atom. The molecule has 3 aliphatic rings. The Hall–Kier alpha value is -4.70. The van der Waals surface area contributed by atoms with Gasteiger partial charge >= 0.3 is 5.97 Å². The van der Waals surface area contributed by atoms with Gasteiger partial charge in [-0.15, -0.1) is 0 Å². The van der Waals surface area contributed by atoms with Crippen LogP contribution in [0.1, 0.15) is 28.4 Å². The maximum Gasteiger partial charge on any atom is 0.338 e. The number of fused-ring (bicyclic) bond motifs is 4. The molecule has 0 saturated carbocycles. The Balaban J connectivity index is 1.42. The summed E-state index contributed by atoms with van der Waals surface area (Å²) in [6.45, 7) is 1.91. The van der Waals surface area contributed by atoms with Crippen LogP contribution in [0.2, 0.25) is 0 Å². The minimum absolute atomic E-state index is 0.209. The number of nitrogens with one attached hydrogen (secondary N) is 2. The molecule has 3 heterocycles. The van der Waals surface area contributed by atoms with E-state index in [1.165, 1.54) is 36.4 Å². The predicted octanol–water partition coefficient (Wildman–Crippen LogP) is 2.44. The highest BCUT2D eigenvalue weighted by atomic mass is 16.5. The Kier molecular flexibility index (Phi) is 5.65. The van der Waals surface area contributed by atoms with Crippen LogP contribution in [0, 0.1) is 11.8 Å². The zero-order valence-electron chi connectivity index (χ0n) is 20.9. The molecule has 0 aliphatic carbocycles. The first-order chi connectivity index (χ1) is 18.8. The second kappa shape index (κ2) is 8.95. The van der Waals surface area contributed by atoms with Crippen molar-refractivity contribution in [2.24, 2.45) is 11.8 Å². The normalized spacial score (nSPS) is 25.1. The van der Waals surface area contributed by atoms with E-state index >= 15 is 0 Å². The standard InChI is InChI=1S/C29H25N3O7/c1-2-39-27(37)16-8-10-17(11-9-16)32-25(35)23-20(13-15-7-12-21(33)22(34)14-15)31-29(24(23)26(32)36)18-5-3-4-6-19(18)30-28(29)38/h3-12,14,20,23-24,31,33-34H,2,13H2,1H3,(H,30,38)/t20-,23-,24+,29+/m1/s1. The maximum atomic E-state index is 14.1. The van der Waals surface area contributed by atoms with Crippen molar-refractivity contribution in [1.82, 2.24) is 5.32 Å². The molecule has 0 unspecified atom stereocenters. The van der Waals surface area contributed by atoms with E-state index in [0.29, 0.717) is 16.8 Å². The van der Waals surface area contributed by atoms with Gasteiger partial charge in [-0.25, -0.2) is 9.69 Å². The van der Waals surface area contributed by atoms with E-state index in [0.717, 1.165) is 4.90 Å². The third kappa shape index (κ3) is 3.59. The van der Waals surface area contributed by atoms with Crippen LogP contribution in [0.25, 0.3) is 0 Å². The molecule has 3 aromatic carbocycles. The number of anilines is 2. The Morgan fingerprint density at radius 3 is 2.44 bits per heavy atom. The summed E-state index contributed by atoms with van der Waals surface area (Å²) in [6, 6.07) is 16.8. The molecule has 10 heteroatoms. The average molecular weight is 528 g/mol. The summed E-state index contributed by atoms with van der Waals surface area (Å²) in [7, 11) is 0. The lowest BCUT2D eigenvalue weighted by Gasteiger charge is -2.29. The van der Waals surface area contributed by atoms with Crippen LogP contribution in [-0.2, 0) is 31.1 Å². The number of hydrogen-bond acceptors (Lipinski definition) is 8. The number of phenols is 2. The Bertz CT molecular complexity index is 1540. The fourth-order valence-electron chi connectivity index (χ4n) is 6.10. The fraction of sp³-hybridized carbons (Fsp3) is 0.241. The molecule has 0 radical (unpaired) electrons. The molecule has 0 bridgehead atoms. The number of benzene rings is 3. The highest BCUT2D eigenvalue weighted by Crippen LogP contribution is 2.53. The van der Waals surface area contributed by atoms with E-state index in [1.54, 1.807) is 37.3 Å². The quantitative estimate of drug-likeness (QED) is 0.225. The molecule has 1 spiro atoms. The molecule has 198 valence electrons. The summed E-state index contributed by atoms with van der Waals surface area (Å²) >= 11 is 0. The SMILES string of the molecule is CCOC(=O)c1ccc(N2C(=O)[C@H]3[C@@H](C2=O)[C@]2(N[C@@H]3Cc3ccc(O)c(O)c3)C(=O)Nc3ccccc32)cc1. The molecule has 4 N–H and O–H groups in total. The average Bonchev–Trinajstić information content (AvgIpc) is 3.50. The lowest BCUT2D eigenvalue weighted by atomic mass is 9.76. The van der Waals surface area contributed by atoms with E-state index in [4.69, 9.17) is 4.74 Å². The summed E-state index contributed by atoms with van der Waals surface area (Å²) in [5.41, 5.74) is 0.859. The van der Waals surface area contributed by atoms with Crippen LogP contribution in [0.3, 0.4) is 0 Å². The zero-order valence-corrected chi connectivity index (χ0v) is 20.9. The largest absolute Gasteiger partial charge is 0.504 e. The van der Waals surface area contributed by atoms with Crippen molar-refractivity contribution in [3.63, 3.8) is 0 Å². The molecule has 2 fully saturated rings. The van der Waals surface area contributed by atoms with E-state index in [2.05, 4.69) is 10.6 Å². The maximum absolute atomic E-state index is 14.1. The highest BCUT2D eigenvalue weighted by Gasteiger charge is 2.70. The molecule has 0 aromatic heterocycles. The van der Waals surface area contributed by atoms with Gasteiger partial charge in [0.2, 0.25) is 17.7 Å². The second-order valence-corrected chi connectivity index (χ2v) is 9.87. The number of carbonyl (C=O) groups is 4. The monoisotopic (exact) mass is 527 g/mol. The Morgan fingerprint density at radius 1 is 0.974 bits per heavy atom. The summed E-state index contributed by atoms with van der Waals surface area (Å²) < 4.78 is 5.02. The number of carbonyl (C=O) groups excluding carboxylic acids is 4. The topological polar surface area (TPSA) is 145 Å². The molecule has 6 rings (SSSR count). The molecule has 3 aliphatic heterocycles. The lowest BCUT2D eigenvalue weighted by molar-refractivity contribution is -0.130. The van der Waals surface area contributed by atoms with Gasteiger partial charge in [0.25, 0.3) is 0 Å². The third-order valence-electron chi connectivity index (χ3n) is 7.75. The van der Waals surface area contributed by atoms with Crippen molar-refractivity contribution >= 4 is 35.1 Å². The van der Waals surface area contributed by atoms with Crippen LogP contribution in [0.5, 0.6) is 11.5 Å². The van der Waals surface area contributed by atoms with Gasteiger partial charge in [-0.2, -0.15) is 0 Å². The van der Waals surface area contributed by atoms with Gasteiger partial charge in [-0.1, -0.05) is 24.3 Å². The van der Waals surface area contributed by atoms with Crippen LogP contribution < -0.4 is 15.5 Å². The van der Waals surface area contributed by atoms with Gasteiger partial charge in [-0.3, -0.25) is 19.7 Å². The van der Waals surface area contributed by atoms with Crippen molar-refractivity contribution in [1.29, 1.82) is 0 Å². The minimum atomic E-state index is -1.47. The van der Waals surface area contributed by atoms with Crippen LogP contribution in [-0.4, -0.2) is 46.6 Å². The predicted molar refractivity (Wildman–Crippen MR) is 139 cm³/mol. The number of imide groups is 1. The fourth-order valence-corrected chi connectivity index (χ4v) is 6.10. The van der Waals surface area contributed by atoms with Crippen LogP contribution >= 0.6 is 0 Å². The number of aromatic hydroxyl groups is 2. The summed E-state index contributed by atoms with van der Waals surface area (Å²) in [5.74, 6) is -4.44. The molecular weight excluding hydrogens is 502 g/mol. The van der Waals surface area contributed by atoms with Gasteiger partial charge in [-0.05, 0) is 61.4 Å². The summed E-state index contributed by atoms with van der Waals surface area (Å²) in [4.78, 5) is 54.8. The smallest absolute Gasteiger partial charge is 0.338 e. The second-order valence-electron chi connectivity index (χ2n) is 9.87. The highest BCUT2D eigenvalue weighted by molar-refractivity contribution is 6.25. The molecule has 3 amide bonds. The molecular formula is C29H25N3O7. The molecule has 10 nitrogen and oxygen atoms in total. The number of ether oxygens (including phenoxy) is 1. The van der Waals surface area contributed by atoms with Crippen LogP contribution in [0.15, 0.2) is 66.7 Å². The number of hydrogen-bond donors (Lipinski definition) is 4. The molecule has 2 saturated heterocycles. The van der Waals surface area contributed by atoms with Crippen molar-refractivity contribution in [2.75, 3.05) is 16.8 Å². The summed E-state index contributed by atoms with van der Waals surface area (Å²) in [5, 5.41) is 26.0. The Labute approximate surface area is 223 Å². The first-order valence-electron chi connectivity index (χ1n) is 12.6. The molecule has 3 aromatic rings. The van der Waals surface area contributed by atoms with Crippen molar-refractivity contribution < 1.29 is 34.1 Å². The van der Waals surface area contributed by atoms with E-state index in [-0.39, 0.29) is 35.8 Å². The number of amides is 3. The number of rotatable bonds is 5. The minimum Gasteiger partial charge on any atom is -0.504 e. The van der Waals surface area contributed by atoms with E-state index < -0.39 is 47.1 Å². The molecule has 39 heavy (non-hydrogen) atoms. The molecule has 4 atom stereocenters. The first kappa shape index (κ1) is 24.6. The van der Waals surface area contributed by atoms with Crippen molar-refractivity contribution in [2.45, 2.75) is 24.9 Å². The van der Waals surface area contributed by atoms with E-state index in [1.807, 2.05) is 0 Å². The van der Waals surface area contributed by atoms with Gasteiger partial charge in [0.1, 0.15) is 5.54 Å². The van der Waals surface area contributed by atoms with Crippen molar-refractivity contribution in [3.05, 3.63) is 83.4 Å². The van der Waals surface area contributed by atoms with Gasteiger partial charge < -0.3 is 20.3 Å². The number of para-hydroxylation sites is 1. The van der Waals surface area contributed by atoms with Gasteiger partial charge in [0.05, 0.1) is 29.7 Å².